The number of imide groups is 1. The quantitative estimate of drug-likeness (QED) is 0.704. The molecule has 30 heavy (non-hydrogen) atoms. The number of nitrogens with one attached hydrogen (secondary N) is 2. The zero-order valence-corrected chi connectivity index (χ0v) is 16.6. The summed E-state index contributed by atoms with van der Waals surface area (Å²) in [5.74, 6) is 0.763. The van der Waals surface area contributed by atoms with Crippen LogP contribution in [0.15, 0.2) is 42.5 Å². The zero-order chi connectivity index (χ0) is 21.3. The lowest BCUT2D eigenvalue weighted by molar-refractivity contribution is -0.133. The van der Waals surface area contributed by atoms with Gasteiger partial charge in [-0.05, 0) is 30.7 Å². The number of ether oxygens (including phenoxy) is 3. The highest BCUT2D eigenvalue weighted by Crippen LogP contribution is 2.34. The normalized spacial score (nSPS) is 19.6. The smallest absolute Gasteiger partial charge is 0.325 e. The second kappa shape index (κ2) is 7.58. The molecule has 0 aliphatic carbocycles. The zero-order valence-electron chi connectivity index (χ0n) is 16.6. The fourth-order valence-electron chi connectivity index (χ4n) is 3.56. The van der Waals surface area contributed by atoms with Crippen LogP contribution in [0, 0.1) is 0 Å². The van der Waals surface area contributed by atoms with E-state index in [1.807, 2.05) is 18.2 Å². The average Bonchev–Trinajstić information content (AvgIpc) is 3.26. The Labute approximate surface area is 172 Å². The molecule has 0 radical (unpaired) electrons. The summed E-state index contributed by atoms with van der Waals surface area (Å²) in [6, 6.07) is 11.6. The van der Waals surface area contributed by atoms with Gasteiger partial charge in [-0.3, -0.25) is 14.5 Å². The maximum Gasteiger partial charge on any atom is 0.325 e. The molecule has 1 atom stereocenters. The molecule has 0 bridgehead atoms. The number of anilines is 1. The molecule has 4 amide bonds. The Balaban J connectivity index is 1.44. The van der Waals surface area contributed by atoms with Crippen molar-refractivity contribution in [1.29, 1.82) is 0 Å². The van der Waals surface area contributed by atoms with Gasteiger partial charge in [-0.2, -0.15) is 0 Å². The highest BCUT2D eigenvalue weighted by molar-refractivity contribution is 6.10. The van der Waals surface area contributed by atoms with Crippen LogP contribution in [0.25, 0.3) is 0 Å². The molecular weight excluding hydrogens is 390 g/mol. The van der Waals surface area contributed by atoms with Gasteiger partial charge in [-0.1, -0.05) is 18.2 Å². The number of amides is 4. The molecule has 2 aromatic carbocycles. The average molecular weight is 411 g/mol. The Kier molecular flexibility index (Phi) is 4.94. The fraction of sp³-hybridized carbons (Fsp3) is 0.286. The minimum Gasteiger partial charge on any atom is -0.496 e. The molecule has 2 heterocycles. The van der Waals surface area contributed by atoms with Crippen LogP contribution in [0.2, 0.25) is 0 Å². The van der Waals surface area contributed by atoms with Crippen molar-refractivity contribution in [3.63, 3.8) is 0 Å². The molecule has 0 unspecified atom stereocenters. The van der Waals surface area contributed by atoms with Crippen molar-refractivity contribution in [3.8, 4) is 17.2 Å². The molecule has 2 aliphatic heterocycles. The number of carbonyl (C=O) groups is 3. The van der Waals surface area contributed by atoms with Crippen LogP contribution in [0.5, 0.6) is 17.2 Å². The number of benzene rings is 2. The molecule has 0 aromatic heterocycles. The number of rotatable bonds is 6. The number of para-hydroxylation sites is 1. The number of carbonyl (C=O) groups excluding carboxylic acids is 3. The van der Waals surface area contributed by atoms with Crippen LogP contribution in [-0.4, -0.2) is 48.7 Å². The number of fused-ring (bicyclic) bond motifs is 1. The lowest BCUT2D eigenvalue weighted by Gasteiger charge is -2.22. The second-order valence-corrected chi connectivity index (χ2v) is 7.26. The molecule has 0 saturated carbocycles. The molecule has 1 saturated heterocycles. The lowest BCUT2D eigenvalue weighted by atomic mass is 9.92. The molecule has 9 nitrogen and oxygen atoms in total. The van der Waals surface area contributed by atoms with Gasteiger partial charge in [0.15, 0.2) is 11.5 Å². The largest absolute Gasteiger partial charge is 0.496 e. The van der Waals surface area contributed by atoms with Gasteiger partial charge in [0.1, 0.15) is 17.8 Å². The van der Waals surface area contributed by atoms with Crippen molar-refractivity contribution in [2.75, 3.05) is 25.8 Å². The van der Waals surface area contributed by atoms with Crippen molar-refractivity contribution in [2.45, 2.75) is 18.9 Å². The number of methoxy groups -OCH3 is 1. The lowest BCUT2D eigenvalue weighted by Crippen LogP contribution is -2.46. The Morgan fingerprint density at radius 2 is 1.97 bits per heavy atom. The fourth-order valence-corrected chi connectivity index (χ4v) is 3.56. The van der Waals surface area contributed by atoms with E-state index in [9.17, 15) is 14.4 Å². The van der Waals surface area contributed by atoms with E-state index in [-0.39, 0.29) is 13.2 Å². The Bertz CT molecular complexity index is 1020. The van der Waals surface area contributed by atoms with E-state index in [0.29, 0.717) is 22.9 Å². The minimum absolute atomic E-state index is 0.125. The first-order valence-electron chi connectivity index (χ1n) is 9.35. The number of urea groups is 1. The Morgan fingerprint density at radius 1 is 1.20 bits per heavy atom. The van der Waals surface area contributed by atoms with Crippen molar-refractivity contribution in [2.24, 2.45) is 0 Å². The summed E-state index contributed by atoms with van der Waals surface area (Å²) in [7, 11) is 1.54. The maximum atomic E-state index is 13.0. The molecule has 2 aromatic rings. The highest BCUT2D eigenvalue weighted by atomic mass is 16.7. The molecular formula is C21H21N3O6. The van der Waals surface area contributed by atoms with Gasteiger partial charge in [0.2, 0.25) is 12.7 Å². The summed E-state index contributed by atoms with van der Waals surface area (Å²) < 4.78 is 15.8. The summed E-state index contributed by atoms with van der Waals surface area (Å²) in [5, 5.41) is 5.37. The van der Waals surface area contributed by atoms with E-state index < -0.39 is 29.9 Å². The minimum atomic E-state index is -1.18. The summed E-state index contributed by atoms with van der Waals surface area (Å²) in [6.07, 6.45) is 0.238. The summed E-state index contributed by atoms with van der Waals surface area (Å²) >= 11 is 0. The van der Waals surface area contributed by atoms with E-state index in [1.165, 1.54) is 0 Å². The second-order valence-electron chi connectivity index (χ2n) is 7.26. The Hall–Kier alpha value is -3.75. The molecule has 2 N–H and O–H groups in total. The monoisotopic (exact) mass is 411 g/mol. The number of nitrogens with zero attached hydrogens (tertiary/aromatic N) is 1. The molecule has 2 aliphatic rings. The predicted molar refractivity (Wildman–Crippen MR) is 107 cm³/mol. The van der Waals surface area contributed by atoms with Gasteiger partial charge in [0, 0.05) is 18.2 Å². The van der Waals surface area contributed by atoms with E-state index in [1.54, 1.807) is 38.3 Å². The predicted octanol–water partition coefficient (Wildman–Crippen LogP) is 1.92. The van der Waals surface area contributed by atoms with Crippen LogP contribution < -0.4 is 24.8 Å². The molecule has 156 valence electrons. The Morgan fingerprint density at radius 3 is 2.77 bits per heavy atom. The third-order valence-corrected chi connectivity index (χ3v) is 5.04. The van der Waals surface area contributed by atoms with E-state index >= 15 is 0 Å². The van der Waals surface area contributed by atoms with Gasteiger partial charge in [0.25, 0.3) is 5.91 Å². The van der Waals surface area contributed by atoms with Crippen LogP contribution in [-0.2, 0) is 16.0 Å². The third-order valence-electron chi connectivity index (χ3n) is 5.04. The van der Waals surface area contributed by atoms with Crippen LogP contribution >= 0.6 is 0 Å². The van der Waals surface area contributed by atoms with Gasteiger partial charge < -0.3 is 24.8 Å². The third kappa shape index (κ3) is 3.61. The van der Waals surface area contributed by atoms with Crippen LogP contribution in [0.4, 0.5) is 10.5 Å². The molecule has 0 spiro atoms. The van der Waals surface area contributed by atoms with Crippen molar-refractivity contribution in [3.05, 3.63) is 48.0 Å². The summed E-state index contributed by atoms with van der Waals surface area (Å²) in [6.45, 7) is 1.36. The summed E-state index contributed by atoms with van der Waals surface area (Å²) in [5.41, 5.74) is 0.0842. The number of hydrogen-bond donors (Lipinski definition) is 2. The topological polar surface area (TPSA) is 106 Å². The first-order valence-corrected chi connectivity index (χ1v) is 9.35. The van der Waals surface area contributed by atoms with E-state index in [2.05, 4.69) is 10.6 Å². The maximum absolute atomic E-state index is 13.0. The van der Waals surface area contributed by atoms with Crippen molar-refractivity contribution < 1.29 is 28.6 Å². The standard InChI is InChI=1S/C21H21N3O6/c1-21(10-13-5-3-4-6-15(13)28-2)19(26)24(20(27)23-21)11-18(25)22-14-7-8-16-17(9-14)30-12-29-16/h3-9H,10-12H2,1-2H3,(H,22,25)(H,23,27)/t21-/m1/s1. The van der Waals surface area contributed by atoms with Crippen molar-refractivity contribution in [1.82, 2.24) is 10.2 Å². The first-order chi connectivity index (χ1) is 14.4. The molecule has 9 heteroatoms. The van der Waals surface area contributed by atoms with Crippen LogP contribution in [0.1, 0.15) is 12.5 Å². The highest BCUT2D eigenvalue weighted by Gasteiger charge is 2.48. The van der Waals surface area contributed by atoms with Crippen molar-refractivity contribution >= 4 is 23.5 Å². The molecule has 1 fully saturated rings. The first kappa shape index (κ1) is 19.6. The SMILES string of the molecule is COc1ccccc1C[C@@]1(C)NC(=O)N(CC(=O)Nc2ccc3c(c2)OCO3)C1=O. The van der Waals surface area contributed by atoms with Gasteiger partial charge >= 0.3 is 6.03 Å². The van der Waals surface area contributed by atoms with Gasteiger partial charge in [-0.25, -0.2) is 4.79 Å². The number of hydrogen-bond acceptors (Lipinski definition) is 6. The molecule has 4 rings (SSSR count). The van der Waals surface area contributed by atoms with Gasteiger partial charge in [0.05, 0.1) is 7.11 Å². The van der Waals surface area contributed by atoms with E-state index in [0.717, 1.165) is 10.5 Å². The van der Waals surface area contributed by atoms with E-state index in [4.69, 9.17) is 14.2 Å². The van der Waals surface area contributed by atoms with Crippen LogP contribution in [0.3, 0.4) is 0 Å². The summed E-state index contributed by atoms with van der Waals surface area (Å²) in [4.78, 5) is 38.8. The van der Waals surface area contributed by atoms with Gasteiger partial charge in [-0.15, -0.1) is 0 Å².